The van der Waals surface area contributed by atoms with Crippen LogP contribution in [0.4, 0.5) is 0 Å². The van der Waals surface area contributed by atoms with Gasteiger partial charge in [-0.2, -0.15) is 0 Å². The van der Waals surface area contributed by atoms with Gasteiger partial charge >= 0.3 is 0 Å². The van der Waals surface area contributed by atoms with Crippen molar-refractivity contribution in [3.63, 3.8) is 0 Å². The van der Waals surface area contributed by atoms with Crippen molar-refractivity contribution in [2.24, 2.45) is 0 Å². The second-order valence-corrected chi connectivity index (χ2v) is 3.59. The number of nitrogens with one attached hydrogen (secondary N) is 1. The first-order chi connectivity index (χ1) is 6.36. The number of hydrogen-bond acceptors (Lipinski definition) is 3. The van der Waals surface area contributed by atoms with E-state index in [0.717, 1.165) is 29.0 Å². The maximum atomic E-state index is 10.3. The average molecular weight is 193 g/mol. The Kier molecular flexibility index (Phi) is 4.24. The molecule has 0 amide bonds. The van der Waals surface area contributed by atoms with E-state index in [0.29, 0.717) is 0 Å². The van der Waals surface area contributed by atoms with Crippen LogP contribution < -0.4 is 5.32 Å². The predicted molar refractivity (Wildman–Crippen MR) is 55.1 cm³/mol. The third-order valence-electron chi connectivity index (χ3n) is 1.45. The maximum absolute atomic E-state index is 10.3. The molecule has 2 nitrogen and oxygen atoms in total. The van der Waals surface area contributed by atoms with E-state index in [2.05, 4.69) is 17.2 Å². The summed E-state index contributed by atoms with van der Waals surface area (Å²) >= 11 is 1.43. The molecule has 1 rings (SSSR count). The maximum Gasteiger partial charge on any atom is 0.160 e. The minimum Gasteiger partial charge on any atom is -0.319 e. The molecule has 1 heterocycles. The first kappa shape index (κ1) is 9.97. The molecule has 0 aliphatic rings. The normalized spacial score (nSPS) is 9.00. The molecule has 3 heteroatoms. The van der Waals surface area contributed by atoms with Crippen LogP contribution >= 0.6 is 11.3 Å². The monoisotopic (exact) mass is 193 g/mol. The van der Waals surface area contributed by atoms with Crippen LogP contribution in [0.25, 0.3) is 0 Å². The molecule has 0 fully saturated rings. The zero-order valence-corrected chi connectivity index (χ0v) is 8.28. The standard InChI is InChI=1S/C10H11NOS/c1-11-7-3-2-4-9-5-6-10(8-12)13-9/h5-6,8,11H,3,7H2,1H3. The molecule has 0 aliphatic heterocycles. The van der Waals surface area contributed by atoms with Gasteiger partial charge in [0.1, 0.15) is 0 Å². The van der Waals surface area contributed by atoms with Crippen LogP contribution in [0.1, 0.15) is 21.0 Å². The van der Waals surface area contributed by atoms with Crippen LogP contribution in [0, 0.1) is 11.8 Å². The van der Waals surface area contributed by atoms with E-state index < -0.39 is 0 Å². The lowest BCUT2D eigenvalue weighted by molar-refractivity contribution is 0.112. The van der Waals surface area contributed by atoms with Crippen molar-refractivity contribution in [2.75, 3.05) is 13.6 Å². The van der Waals surface area contributed by atoms with Crippen molar-refractivity contribution in [2.45, 2.75) is 6.42 Å². The molecule has 0 saturated heterocycles. The fourth-order valence-electron chi connectivity index (χ4n) is 0.820. The highest BCUT2D eigenvalue weighted by Crippen LogP contribution is 2.12. The van der Waals surface area contributed by atoms with E-state index in [-0.39, 0.29) is 0 Å². The van der Waals surface area contributed by atoms with Crippen molar-refractivity contribution < 1.29 is 4.79 Å². The molecule has 1 aromatic rings. The lowest BCUT2D eigenvalue weighted by Crippen LogP contribution is -2.05. The molecule has 0 radical (unpaired) electrons. The molecule has 0 spiro atoms. The Morgan fingerprint density at radius 3 is 3.08 bits per heavy atom. The van der Waals surface area contributed by atoms with E-state index in [1.807, 2.05) is 13.1 Å². The summed E-state index contributed by atoms with van der Waals surface area (Å²) in [5.74, 6) is 6.03. The summed E-state index contributed by atoms with van der Waals surface area (Å²) in [5, 5.41) is 3.02. The summed E-state index contributed by atoms with van der Waals surface area (Å²) < 4.78 is 0. The Labute approximate surface area is 82.0 Å². The topological polar surface area (TPSA) is 29.1 Å². The number of carbonyl (C=O) groups excluding carboxylic acids is 1. The third-order valence-corrected chi connectivity index (χ3v) is 2.38. The van der Waals surface area contributed by atoms with Crippen molar-refractivity contribution in [1.82, 2.24) is 5.32 Å². The van der Waals surface area contributed by atoms with Gasteiger partial charge < -0.3 is 5.32 Å². The second-order valence-electron chi connectivity index (χ2n) is 2.48. The summed E-state index contributed by atoms with van der Waals surface area (Å²) in [6.45, 7) is 0.902. The second kappa shape index (κ2) is 5.52. The zero-order valence-electron chi connectivity index (χ0n) is 7.46. The van der Waals surface area contributed by atoms with Gasteiger partial charge in [-0.05, 0) is 19.2 Å². The summed E-state index contributed by atoms with van der Waals surface area (Å²) in [7, 11) is 1.90. The van der Waals surface area contributed by atoms with Crippen molar-refractivity contribution >= 4 is 17.6 Å². The minimum absolute atomic E-state index is 0.734. The van der Waals surface area contributed by atoms with Crippen LogP contribution in [0.15, 0.2) is 12.1 Å². The van der Waals surface area contributed by atoms with Crippen molar-refractivity contribution in [3.05, 3.63) is 21.9 Å². The molecule has 68 valence electrons. The highest BCUT2D eigenvalue weighted by molar-refractivity contribution is 7.14. The minimum atomic E-state index is 0.734. The number of rotatable bonds is 3. The highest BCUT2D eigenvalue weighted by Gasteiger charge is 1.93. The Balaban J connectivity index is 2.51. The van der Waals surface area contributed by atoms with E-state index >= 15 is 0 Å². The molecule has 1 N–H and O–H groups in total. The Hall–Kier alpha value is -1.11. The quantitative estimate of drug-likeness (QED) is 0.448. The summed E-state index contributed by atoms with van der Waals surface area (Å²) in [5.41, 5.74) is 0. The molecule has 13 heavy (non-hydrogen) atoms. The average Bonchev–Trinajstić information content (AvgIpc) is 2.60. The van der Waals surface area contributed by atoms with Crippen LogP contribution in [0.5, 0.6) is 0 Å². The molecule has 0 unspecified atom stereocenters. The predicted octanol–water partition coefficient (Wildman–Crippen LogP) is 1.52. The Morgan fingerprint density at radius 2 is 2.46 bits per heavy atom. The van der Waals surface area contributed by atoms with Crippen LogP contribution in [-0.2, 0) is 0 Å². The van der Waals surface area contributed by atoms with Gasteiger partial charge in [0.15, 0.2) is 6.29 Å². The van der Waals surface area contributed by atoms with Gasteiger partial charge in [-0.15, -0.1) is 11.3 Å². The molecule has 1 aromatic heterocycles. The zero-order chi connectivity index (χ0) is 9.52. The van der Waals surface area contributed by atoms with Gasteiger partial charge in [-0.1, -0.05) is 11.8 Å². The van der Waals surface area contributed by atoms with Gasteiger partial charge in [-0.3, -0.25) is 4.79 Å². The van der Waals surface area contributed by atoms with E-state index in [1.165, 1.54) is 11.3 Å². The smallest absolute Gasteiger partial charge is 0.160 e. The molecular weight excluding hydrogens is 182 g/mol. The summed E-state index contributed by atoms with van der Waals surface area (Å²) in [6, 6.07) is 3.67. The van der Waals surface area contributed by atoms with Crippen LogP contribution in [0.3, 0.4) is 0 Å². The fourth-order valence-corrected chi connectivity index (χ4v) is 1.52. The molecule has 0 aliphatic carbocycles. The molecule has 0 bridgehead atoms. The Bertz CT molecular complexity index is 332. The summed E-state index contributed by atoms with van der Waals surface area (Å²) in [4.78, 5) is 12.0. The fraction of sp³-hybridized carbons (Fsp3) is 0.300. The molecule has 0 atom stereocenters. The number of carbonyl (C=O) groups is 1. The molecule has 0 aromatic carbocycles. The van der Waals surface area contributed by atoms with Gasteiger partial charge in [0.05, 0.1) is 9.75 Å². The third kappa shape index (κ3) is 3.41. The first-order valence-electron chi connectivity index (χ1n) is 4.05. The largest absolute Gasteiger partial charge is 0.319 e. The van der Waals surface area contributed by atoms with E-state index in [1.54, 1.807) is 6.07 Å². The summed E-state index contributed by atoms with van der Waals surface area (Å²) in [6.07, 6.45) is 1.69. The van der Waals surface area contributed by atoms with Gasteiger partial charge in [0.25, 0.3) is 0 Å². The van der Waals surface area contributed by atoms with Gasteiger partial charge in [0.2, 0.25) is 0 Å². The number of thiophene rings is 1. The molecule has 0 saturated carbocycles. The van der Waals surface area contributed by atoms with E-state index in [9.17, 15) is 4.79 Å². The first-order valence-corrected chi connectivity index (χ1v) is 4.87. The number of hydrogen-bond donors (Lipinski definition) is 1. The lowest BCUT2D eigenvalue weighted by atomic mass is 10.4. The van der Waals surface area contributed by atoms with Gasteiger partial charge in [0, 0.05) is 13.0 Å². The number of aldehydes is 1. The van der Waals surface area contributed by atoms with E-state index in [4.69, 9.17) is 0 Å². The van der Waals surface area contributed by atoms with Crippen LogP contribution in [0.2, 0.25) is 0 Å². The van der Waals surface area contributed by atoms with Crippen LogP contribution in [-0.4, -0.2) is 19.9 Å². The Morgan fingerprint density at radius 1 is 1.62 bits per heavy atom. The lowest BCUT2D eigenvalue weighted by Gasteiger charge is -1.86. The van der Waals surface area contributed by atoms with Gasteiger partial charge in [-0.25, -0.2) is 0 Å². The van der Waals surface area contributed by atoms with Crippen molar-refractivity contribution in [3.8, 4) is 11.8 Å². The SMILES string of the molecule is CNCCC#Cc1ccc(C=O)s1. The highest BCUT2D eigenvalue weighted by atomic mass is 32.1. The molecular formula is C10H11NOS. The van der Waals surface area contributed by atoms with Crippen molar-refractivity contribution in [1.29, 1.82) is 0 Å².